The second-order valence-corrected chi connectivity index (χ2v) is 4.80. The van der Waals surface area contributed by atoms with E-state index in [0.29, 0.717) is 5.02 Å². The second kappa shape index (κ2) is 5.55. The summed E-state index contributed by atoms with van der Waals surface area (Å²) in [6.45, 7) is 0. The molecule has 0 unspecified atom stereocenters. The van der Waals surface area contributed by atoms with Gasteiger partial charge in [-0.25, -0.2) is 0 Å². The molecule has 0 N–H and O–H groups in total. The van der Waals surface area contributed by atoms with Crippen LogP contribution in [0.1, 0.15) is 5.56 Å². The van der Waals surface area contributed by atoms with Crippen molar-refractivity contribution in [2.45, 2.75) is 6.42 Å². The van der Waals surface area contributed by atoms with Crippen molar-refractivity contribution >= 4 is 39.2 Å². The molecule has 0 atom stereocenters. The highest BCUT2D eigenvalue weighted by atomic mass is 79.9. The van der Waals surface area contributed by atoms with Gasteiger partial charge in [0.15, 0.2) is 0 Å². The number of benzene rings is 1. The average Bonchev–Trinajstić information content (AvgIpc) is 2.21. The fraction of sp³-hybridized carbons (Fsp3) is 0.364. The van der Waals surface area contributed by atoms with Crippen molar-refractivity contribution < 1.29 is 9.53 Å². The second-order valence-electron chi connectivity index (χ2n) is 3.54. The summed E-state index contributed by atoms with van der Waals surface area (Å²) in [5.41, 5.74) is 1.74. The van der Waals surface area contributed by atoms with Crippen molar-refractivity contribution in [3.8, 4) is 0 Å². The lowest BCUT2D eigenvalue weighted by atomic mass is 10.1. The lowest BCUT2D eigenvalue weighted by molar-refractivity contribution is -0.139. The Labute approximate surface area is 108 Å². The molecule has 5 heteroatoms. The maximum atomic E-state index is 11.2. The number of hydrogen-bond acceptors (Lipinski definition) is 3. The van der Waals surface area contributed by atoms with Crippen LogP contribution >= 0.6 is 27.5 Å². The van der Waals surface area contributed by atoms with Crippen molar-refractivity contribution in [1.82, 2.24) is 0 Å². The van der Waals surface area contributed by atoms with E-state index in [1.807, 2.05) is 25.1 Å². The third-order valence-electron chi connectivity index (χ3n) is 2.16. The average molecular weight is 307 g/mol. The molecular weight excluding hydrogens is 293 g/mol. The molecule has 0 aliphatic heterocycles. The number of carbonyl (C=O) groups excluding carboxylic acids is 1. The van der Waals surface area contributed by atoms with E-state index in [1.165, 1.54) is 7.11 Å². The fourth-order valence-corrected chi connectivity index (χ4v) is 2.35. The zero-order chi connectivity index (χ0) is 12.3. The highest BCUT2D eigenvalue weighted by Gasteiger charge is 2.11. The van der Waals surface area contributed by atoms with E-state index in [2.05, 4.69) is 20.7 Å². The Morgan fingerprint density at radius 3 is 2.62 bits per heavy atom. The van der Waals surface area contributed by atoms with Gasteiger partial charge < -0.3 is 9.64 Å². The monoisotopic (exact) mass is 305 g/mol. The van der Waals surface area contributed by atoms with Gasteiger partial charge in [-0.1, -0.05) is 11.6 Å². The molecule has 16 heavy (non-hydrogen) atoms. The number of anilines is 1. The summed E-state index contributed by atoms with van der Waals surface area (Å²) in [6.07, 6.45) is 0.184. The predicted molar refractivity (Wildman–Crippen MR) is 69.2 cm³/mol. The van der Waals surface area contributed by atoms with Crippen LogP contribution in [0.3, 0.4) is 0 Å². The molecule has 0 bridgehead atoms. The molecule has 0 radical (unpaired) electrons. The molecule has 0 aromatic heterocycles. The van der Waals surface area contributed by atoms with Gasteiger partial charge in [-0.15, -0.1) is 0 Å². The smallest absolute Gasteiger partial charge is 0.310 e. The number of ether oxygens (including phenoxy) is 1. The van der Waals surface area contributed by atoms with Gasteiger partial charge in [0.25, 0.3) is 0 Å². The number of rotatable bonds is 3. The number of esters is 1. The lowest BCUT2D eigenvalue weighted by Gasteiger charge is -2.16. The van der Waals surface area contributed by atoms with Crippen molar-refractivity contribution in [2.75, 3.05) is 26.1 Å². The first-order valence-corrected chi connectivity index (χ1v) is 5.85. The summed E-state index contributed by atoms with van der Waals surface area (Å²) in [6, 6.07) is 3.67. The third-order valence-corrected chi connectivity index (χ3v) is 3.15. The third kappa shape index (κ3) is 3.12. The van der Waals surface area contributed by atoms with E-state index < -0.39 is 0 Å². The van der Waals surface area contributed by atoms with Gasteiger partial charge in [0, 0.05) is 23.6 Å². The van der Waals surface area contributed by atoms with Crippen molar-refractivity contribution in [3.63, 3.8) is 0 Å². The standard InChI is InChI=1S/C11H13BrClNO2/c1-14(2)10-4-7(5-11(15)16-3)9(13)6-8(10)12/h4,6H,5H2,1-3H3. The first-order valence-electron chi connectivity index (χ1n) is 4.67. The maximum absolute atomic E-state index is 11.2. The van der Waals surface area contributed by atoms with Crippen LogP contribution in [0, 0.1) is 0 Å². The number of carbonyl (C=O) groups is 1. The van der Waals surface area contributed by atoms with Gasteiger partial charge in [0.1, 0.15) is 0 Å². The highest BCUT2D eigenvalue weighted by molar-refractivity contribution is 9.10. The van der Waals surface area contributed by atoms with E-state index in [4.69, 9.17) is 11.6 Å². The molecule has 0 fully saturated rings. The minimum atomic E-state index is -0.297. The van der Waals surface area contributed by atoms with Crippen molar-refractivity contribution in [1.29, 1.82) is 0 Å². The Bertz CT molecular complexity index is 407. The molecule has 0 saturated heterocycles. The summed E-state index contributed by atoms with van der Waals surface area (Å²) in [4.78, 5) is 13.1. The molecule has 0 aliphatic rings. The molecule has 1 rings (SSSR count). The van der Waals surface area contributed by atoms with Crippen LogP contribution in [0.15, 0.2) is 16.6 Å². The lowest BCUT2D eigenvalue weighted by Crippen LogP contribution is -2.11. The van der Waals surface area contributed by atoms with Gasteiger partial charge in [0.2, 0.25) is 0 Å². The van der Waals surface area contributed by atoms with Gasteiger partial charge in [0.05, 0.1) is 19.2 Å². The summed E-state index contributed by atoms with van der Waals surface area (Å²) in [5.74, 6) is -0.297. The van der Waals surface area contributed by atoms with E-state index in [9.17, 15) is 4.79 Å². The Kier molecular flexibility index (Phi) is 4.62. The minimum absolute atomic E-state index is 0.184. The molecule has 0 amide bonds. The van der Waals surface area contributed by atoms with Crippen molar-refractivity contribution in [2.24, 2.45) is 0 Å². The Balaban J connectivity index is 3.09. The Hall–Kier alpha value is -0.740. The van der Waals surface area contributed by atoms with Crippen LogP contribution in [0.4, 0.5) is 5.69 Å². The first-order chi connectivity index (χ1) is 7.45. The number of halogens is 2. The molecule has 0 saturated carbocycles. The fourth-order valence-electron chi connectivity index (χ4n) is 1.29. The predicted octanol–water partition coefficient (Wildman–Crippen LogP) is 2.88. The van der Waals surface area contributed by atoms with E-state index in [1.54, 1.807) is 6.07 Å². The van der Waals surface area contributed by atoms with Crippen LogP contribution in [-0.4, -0.2) is 27.2 Å². The normalized spacial score (nSPS) is 10.1. The van der Waals surface area contributed by atoms with Gasteiger partial charge in [-0.3, -0.25) is 4.79 Å². The molecule has 1 aromatic carbocycles. The van der Waals surface area contributed by atoms with E-state index in [0.717, 1.165) is 15.7 Å². The van der Waals surface area contributed by atoms with Crippen LogP contribution < -0.4 is 4.90 Å². The van der Waals surface area contributed by atoms with Gasteiger partial charge >= 0.3 is 5.97 Å². The zero-order valence-corrected chi connectivity index (χ0v) is 11.7. The topological polar surface area (TPSA) is 29.5 Å². The van der Waals surface area contributed by atoms with E-state index >= 15 is 0 Å². The van der Waals surface area contributed by atoms with Crippen LogP contribution in [0.5, 0.6) is 0 Å². The quantitative estimate of drug-likeness (QED) is 0.804. The molecular formula is C11H13BrClNO2. The molecule has 3 nitrogen and oxygen atoms in total. The molecule has 0 heterocycles. The Morgan fingerprint density at radius 1 is 1.50 bits per heavy atom. The van der Waals surface area contributed by atoms with E-state index in [-0.39, 0.29) is 12.4 Å². The Morgan fingerprint density at radius 2 is 2.12 bits per heavy atom. The van der Waals surface area contributed by atoms with Crippen LogP contribution in [0.25, 0.3) is 0 Å². The summed E-state index contributed by atoms with van der Waals surface area (Å²) >= 11 is 9.47. The summed E-state index contributed by atoms with van der Waals surface area (Å²) in [5, 5.41) is 0.558. The van der Waals surface area contributed by atoms with Gasteiger partial charge in [-0.2, -0.15) is 0 Å². The largest absolute Gasteiger partial charge is 0.469 e. The molecule has 1 aromatic rings. The van der Waals surface area contributed by atoms with Crippen molar-refractivity contribution in [3.05, 3.63) is 27.2 Å². The minimum Gasteiger partial charge on any atom is -0.469 e. The van der Waals surface area contributed by atoms with Gasteiger partial charge in [-0.05, 0) is 33.6 Å². The number of methoxy groups -OCH3 is 1. The number of nitrogens with zero attached hydrogens (tertiary/aromatic N) is 1. The molecule has 0 spiro atoms. The van der Waals surface area contributed by atoms with Crippen LogP contribution in [-0.2, 0) is 16.0 Å². The summed E-state index contributed by atoms with van der Waals surface area (Å²) < 4.78 is 5.52. The van der Waals surface area contributed by atoms with Crippen LogP contribution in [0.2, 0.25) is 5.02 Å². The first kappa shape index (κ1) is 13.3. The molecule has 0 aliphatic carbocycles. The SMILES string of the molecule is COC(=O)Cc1cc(N(C)C)c(Br)cc1Cl. The maximum Gasteiger partial charge on any atom is 0.310 e. The highest BCUT2D eigenvalue weighted by Crippen LogP contribution is 2.31. The molecule has 88 valence electrons. The summed E-state index contributed by atoms with van der Waals surface area (Å²) in [7, 11) is 5.22. The number of hydrogen-bond donors (Lipinski definition) is 0. The zero-order valence-electron chi connectivity index (χ0n) is 9.38.